The van der Waals surface area contributed by atoms with Crippen molar-refractivity contribution in [1.82, 2.24) is 5.32 Å². The Balaban J connectivity index is 2.63. The molecule has 0 aromatic heterocycles. The lowest BCUT2D eigenvalue weighted by Gasteiger charge is -2.22. The predicted octanol–water partition coefficient (Wildman–Crippen LogP) is 4.02. The van der Waals surface area contributed by atoms with Gasteiger partial charge in [0.05, 0.1) is 6.04 Å². The van der Waals surface area contributed by atoms with Crippen molar-refractivity contribution in [3.8, 4) is 0 Å². The van der Waals surface area contributed by atoms with Crippen LogP contribution in [0.5, 0.6) is 0 Å². The Labute approximate surface area is 143 Å². The Hall–Kier alpha value is -0.970. The maximum absolute atomic E-state index is 6.20. The molecule has 22 heavy (non-hydrogen) atoms. The van der Waals surface area contributed by atoms with E-state index in [-0.39, 0.29) is 11.5 Å². The third kappa shape index (κ3) is 6.42. The van der Waals surface area contributed by atoms with E-state index in [1.165, 1.54) is 0 Å². The molecule has 0 saturated heterocycles. The molecule has 0 aliphatic rings. The van der Waals surface area contributed by atoms with Crippen molar-refractivity contribution in [2.75, 3.05) is 20.3 Å². The maximum atomic E-state index is 6.20. The SMILES string of the molecule is COCCC(C)(C)CN=C(N)NC(C)c1ccc(Cl)cc1Cl. The number of nitrogens with two attached hydrogens (primary N) is 1. The summed E-state index contributed by atoms with van der Waals surface area (Å²) in [6.45, 7) is 7.61. The Morgan fingerprint density at radius 1 is 1.41 bits per heavy atom. The summed E-state index contributed by atoms with van der Waals surface area (Å²) < 4.78 is 5.11. The molecule has 0 bridgehead atoms. The van der Waals surface area contributed by atoms with E-state index in [2.05, 4.69) is 24.2 Å². The lowest BCUT2D eigenvalue weighted by atomic mass is 9.90. The molecule has 0 spiro atoms. The summed E-state index contributed by atoms with van der Waals surface area (Å²) in [6.07, 6.45) is 0.929. The summed E-state index contributed by atoms with van der Waals surface area (Å²) in [5.41, 5.74) is 6.94. The van der Waals surface area contributed by atoms with E-state index in [1.807, 2.05) is 19.1 Å². The highest BCUT2D eigenvalue weighted by Gasteiger charge is 2.17. The van der Waals surface area contributed by atoms with Crippen molar-refractivity contribution in [1.29, 1.82) is 0 Å². The normalized spacial score (nSPS) is 14.0. The van der Waals surface area contributed by atoms with Gasteiger partial charge in [-0.3, -0.25) is 4.99 Å². The van der Waals surface area contributed by atoms with Gasteiger partial charge in [-0.15, -0.1) is 0 Å². The van der Waals surface area contributed by atoms with Gasteiger partial charge in [0.1, 0.15) is 0 Å². The van der Waals surface area contributed by atoms with Gasteiger partial charge in [-0.05, 0) is 36.5 Å². The van der Waals surface area contributed by atoms with Gasteiger partial charge in [0.15, 0.2) is 5.96 Å². The first-order valence-electron chi connectivity index (χ1n) is 7.25. The molecule has 3 N–H and O–H groups in total. The standard InChI is InChI=1S/C16H25Cl2N3O/c1-11(13-6-5-12(17)9-14(13)18)21-15(19)20-10-16(2,3)7-8-22-4/h5-6,9,11H,7-8,10H2,1-4H3,(H3,19,20,21). The molecule has 0 radical (unpaired) electrons. The molecule has 0 aliphatic heterocycles. The second-order valence-electron chi connectivity index (χ2n) is 6.14. The average molecular weight is 346 g/mol. The van der Waals surface area contributed by atoms with Gasteiger partial charge in [0, 0.05) is 30.3 Å². The number of nitrogens with one attached hydrogen (secondary N) is 1. The van der Waals surface area contributed by atoms with Crippen molar-refractivity contribution in [3.05, 3.63) is 33.8 Å². The van der Waals surface area contributed by atoms with Crippen LogP contribution in [-0.4, -0.2) is 26.2 Å². The molecule has 1 aromatic rings. The van der Waals surface area contributed by atoms with E-state index in [0.717, 1.165) is 12.0 Å². The van der Waals surface area contributed by atoms with Crippen LogP contribution in [0, 0.1) is 5.41 Å². The summed E-state index contributed by atoms with van der Waals surface area (Å²) in [4.78, 5) is 4.42. The fourth-order valence-electron chi connectivity index (χ4n) is 1.95. The van der Waals surface area contributed by atoms with E-state index in [1.54, 1.807) is 13.2 Å². The lowest BCUT2D eigenvalue weighted by Crippen LogP contribution is -2.35. The number of rotatable bonds is 7. The molecule has 1 atom stereocenters. The summed E-state index contributed by atoms with van der Waals surface area (Å²) in [5.74, 6) is 0.406. The second kappa shape index (κ2) is 8.61. The minimum Gasteiger partial charge on any atom is -0.385 e. The number of guanidine groups is 1. The molecule has 0 aliphatic carbocycles. The molecule has 1 unspecified atom stereocenters. The van der Waals surface area contributed by atoms with Crippen molar-refractivity contribution in [3.63, 3.8) is 0 Å². The highest BCUT2D eigenvalue weighted by molar-refractivity contribution is 6.35. The number of benzene rings is 1. The monoisotopic (exact) mass is 345 g/mol. The van der Waals surface area contributed by atoms with E-state index < -0.39 is 0 Å². The Bertz CT molecular complexity index is 518. The molecule has 1 rings (SSSR count). The molecule has 0 saturated carbocycles. The number of ether oxygens (including phenoxy) is 1. The smallest absolute Gasteiger partial charge is 0.189 e. The fraction of sp³-hybridized carbons (Fsp3) is 0.562. The zero-order valence-corrected chi connectivity index (χ0v) is 15.1. The van der Waals surface area contributed by atoms with Crippen LogP contribution in [-0.2, 0) is 4.74 Å². The van der Waals surface area contributed by atoms with E-state index in [9.17, 15) is 0 Å². The molecular formula is C16H25Cl2N3O. The van der Waals surface area contributed by atoms with Gasteiger partial charge < -0.3 is 15.8 Å². The van der Waals surface area contributed by atoms with Gasteiger partial charge in [0.25, 0.3) is 0 Å². The highest BCUT2D eigenvalue weighted by Crippen LogP contribution is 2.26. The first-order valence-corrected chi connectivity index (χ1v) is 8.01. The van der Waals surface area contributed by atoms with Crippen LogP contribution >= 0.6 is 23.2 Å². The van der Waals surface area contributed by atoms with E-state index in [0.29, 0.717) is 29.2 Å². The number of halogens is 2. The van der Waals surface area contributed by atoms with Crippen molar-refractivity contribution in [2.24, 2.45) is 16.1 Å². The first-order chi connectivity index (χ1) is 10.2. The highest BCUT2D eigenvalue weighted by atomic mass is 35.5. The Morgan fingerprint density at radius 3 is 2.68 bits per heavy atom. The second-order valence-corrected chi connectivity index (χ2v) is 6.98. The zero-order chi connectivity index (χ0) is 16.8. The lowest BCUT2D eigenvalue weighted by molar-refractivity contribution is 0.155. The fourth-order valence-corrected chi connectivity index (χ4v) is 2.53. The van der Waals surface area contributed by atoms with Crippen LogP contribution in [0.1, 0.15) is 38.8 Å². The van der Waals surface area contributed by atoms with Gasteiger partial charge in [-0.1, -0.05) is 43.1 Å². The van der Waals surface area contributed by atoms with Crippen LogP contribution in [0.4, 0.5) is 0 Å². The van der Waals surface area contributed by atoms with Crippen LogP contribution < -0.4 is 11.1 Å². The molecule has 124 valence electrons. The topological polar surface area (TPSA) is 59.6 Å². The zero-order valence-electron chi connectivity index (χ0n) is 13.6. The quantitative estimate of drug-likeness (QED) is 0.579. The summed E-state index contributed by atoms with van der Waals surface area (Å²) >= 11 is 12.1. The van der Waals surface area contributed by atoms with E-state index in [4.69, 9.17) is 33.7 Å². The van der Waals surface area contributed by atoms with Gasteiger partial charge in [0.2, 0.25) is 0 Å². The summed E-state index contributed by atoms with van der Waals surface area (Å²) in [7, 11) is 1.70. The average Bonchev–Trinajstić information content (AvgIpc) is 2.43. The van der Waals surface area contributed by atoms with Gasteiger partial charge in [-0.2, -0.15) is 0 Å². The van der Waals surface area contributed by atoms with Crippen molar-refractivity contribution >= 4 is 29.2 Å². The molecule has 0 amide bonds. The number of aliphatic imine (C=N–C) groups is 1. The molecule has 4 nitrogen and oxygen atoms in total. The first kappa shape index (κ1) is 19.1. The minimum absolute atomic E-state index is 0.0451. The summed E-state index contributed by atoms with van der Waals surface area (Å²) in [5, 5.41) is 4.38. The number of hydrogen-bond acceptors (Lipinski definition) is 2. The van der Waals surface area contributed by atoms with Crippen LogP contribution in [0.3, 0.4) is 0 Å². The largest absolute Gasteiger partial charge is 0.385 e. The predicted molar refractivity (Wildman–Crippen MR) is 94.8 cm³/mol. The third-order valence-electron chi connectivity index (χ3n) is 3.45. The molecule has 1 aromatic carbocycles. The Kier molecular flexibility index (Phi) is 7.46. The molecule has 6 heteroatoms. The number of methoxy groups -OCH3 is 1. The molecular weight excluding hydrogens is 321 g/mol. The van der Waals surface area contributed by atoms with Crippen LogP contribution in [0.25, 0.3) is 0 Å². The van der Waals surface area contributed by atoms with Crippen molar-refractivity contribution in [2.45, 2.75) is 33.2 Å². The van der Waals surface area contributed by atoms with E-state index >= 15 is 0 Å². The minimum atomic E-state index is -0.0457. The van der Waals surface area contributed by atoms with Gasteiger partial charge in [-0.25, -0.2) is 0 Å². The Morgan fingerprint density at radius 2 is 2.09 bits per heavy atom. The maximum Gasteiger partial charge on any atom is 0.189 e. The number of nitrogens with zero attached hydrogens (tertiary/aromatic N) is 1. The third-order valence-corrected chi connectivity index (χ3v) is 4.02. The summed E-state index contributed by atoms with van der Waals surface area (Å²) in [6, 6.07) is 5.37. The van der Waals surface area contributed by atoms with Gasteiger partial charge >= 0.3 is 0 Å². The van der Waals surface area contributed by atoms with Crippen LogP contribution in [0.2, 0.25) is 10.0 Å². The molecule has 0 fully saturated rings. The van der Waals surface area contributed by atoms with Crippen molar-refractivity contribution < 1.29 is 4.74 Å². The van der Waals surface area contributed by atoms with Crippen LogP contribution in [0.15, 0.2) is 23.2 Å². The number of hydrogen-bond donors (Lipinski definition) is 2. The molecule has 0 heterocycles.